The molecule has 0 saturated heterocycles. The van der Waals surface area contributed by atoms with Crippen LogP contribution in [-0.4, -0.2) is 35.9 Å². The molecule has 6 heteroatoms. The number of hydrogen-bond donors (Lipinski definition) is 2. The van der Waals surface area contributed by atoms with Crippen LogP contribution in [0.15, 0.2) is 22.3 Å². The first-order valence-corrected chi connectivity index (χ1v) is 12.0. The van der Waals surface area contributed by atoms with Crippen molar-refractivity contribution in [3.63, 3.8) is 0 Å². The number of nitrogens with one attached hydrogen (secondary N) is 2. The van der Waals surface area contributed by atoms with Gasteiger partial charge in [-0.1, -0.05) is 6.08 Å². The summed E-state index contributed by atoms with van der Waals surface area (Å²) in [6.07, 6.45) is 7.05. The molecule has 5 nitrogen and oxygen atoms in total. The van der Waals surface area contributed by atoms with E-state index in [1.54, 1.807) is 11.3 Å². The summed E-state index contributed by atoms with van der Waals surface area (Å²) >= 11 is 1.66. The zero-order valence-corrected chi connectivity index (χ0v) is 20.4. The van der Waals surface area contributed by atoms with Gasteiger partial charge in [-0.05, 0) is 96.2 Å². The van der Waals surface area contributed by atoms with Crippen molar-refractivity contribution in [1.29, 1.82) is 0 Å². The molecule has 1 amide bonds. The smallest absolute Gasteiger partial charge is 0.253 e. The van der Waals surface area contributed by atoms with Crippen LogP contribution in [0.25, 0.3) is 5.57 Å². The molecule has 168 valence electrons. The normalized spacial score (nSPS) is 19.6. The van der Waals surface area contributed by atoms with Gasteiger partial charge in [0.25, 0.3) is 11.5 Å². The summed E-state index contributed by atoms with van der Waals surface area (Å²) in [5.74, 6) is 0.439. The number of thiophene rings is 1. The molecule has 2 N–H and O–H groups in total. The second kappa shape index (κ2) is 9.96. The number of aromatic nitrogens is 1. The summed E-state index contributed by atoms with van der Waals surface area (Å²) < 4.78 is 0. The van der Waals surface area contributed by atoms with Crippen LogP contribution in [0, 0.1) is 26.7 Å². The number of carbonyl (C=O) groups is 1. The lowest BCUT2D eigenvalue weighted by atomic mass is 9.80. The molecule has 2 aromatic heterocycles. The number of nitrogens with zero attached hydrogens (tertiary/aromatic N) is 1. The van der Waals surface area contributed by atoms with Crippen LogP contribution in [-0.2, 0) is 6.54 Å². The Labute approximate surface area is 189 Å². The molecule has 2 heterocycles. The highest BCUT2D eigenvalue weighted by molar-refractivity contribution is 7.11. The van der Waals surface area contributed by atoms with Crippen molar-refractivity contribution in [3.8, 4) is 0 Å². The number of amides is 1. The maximum absolute atomic E-state index is 12.9. The Morgan fingerprint density at radius 1 is 1.23 bits per heavy atom. The zero-order valence-electron chi connectivity index (χ0n) is 19.6. The largest absolute Gasteiger partial charge is 0.348 e. The van der Waals surface area contributed by atoms with Crippen LogP contribution in [0.3, 0.4) is 0 Å². The van der Waals surface area contributed by atoms with Gasteiger partial charge in [0.2, 0.25) is 0 Å². The summed E-state index contributed by atoms with van der Waals surface area (Å²) in [4.78, 5) is 31.5. The molecule has 1 saturated carbocycles. The van der Waals surface area contributed by atoms with Crippen LogP contribution >= 0.6 is 11.3 Å². The number of aromatic amines is 1. The first kappa shape index (κ1) is 23.5. The number of allylic oxidation sites excluding steroid dienone is 2. The summed E-state index contributed by atoms with van der Waals surface area (Å²) in [5.41, 5.74) is 5.33. The summed E-state index contributed by atoms with van der Waals surface area (Å²) in [6, 6.07) is 2.61. The SMILES string of the molecule is CC=C(c1scc(C(=O)NCc2c(C)cc(C)[nH]c2=O)c1C)[C@H]1CC[C@H](N(C)C)CC1. The monoisotopic (exact) mass is 441 g/mol. The van der Waals surface area contributed by atoms with Crippen LogP contribution < -0.4 is 10.9 Å². The van der Waals surface area contributed by atoms with Gasteiger partial charge in [0.05, 0.1) is 5.56 Å². The Kier molecular flexibility index (Phi) is 7.55. The maximum Gasteiger partial charge on any atom is 0.253 e. The van der Waals surface area contributed by atoms with Crippen molar-refractivity contribution in [2.45, 2.75) is 66.0 Å². The number of aryl methyl sites for hydroxylation is 2. The molecule has 1 aliphatic carbocycles. The van der Waals surface area contributed by atoms with Crippen molar-refractivity contribution < 1.29 is 4.79 Å². The molecular formula is C25H35N3O2S. The lowest BCUT2D eigenvalue weighted by Gasteiger charge is -2.33. The predicted octanol–water partition coefficient (Wildman–Crippen LogP) is 4.82. The summed E-state index contributed by atoms with van der Waals surface area (Å²) in [7, 11) is 4.34. The minimum absolute atomic E-state index is 0.119. The van der Waals surface area contributed by atoms with Crippen molar-refractivity contribution in [2.24, 2.45) is 5.92 Å². The number of hydrogen-bond acceptors (Lipinski definition) is 4. The summed E-state index contributed by atoms with van der Waals surface area (Å²) in [5, 5.41) is 4.91. The van der Waals surface area contributed by atoms with Gasteiger partial charge in [-0.25, -0.2) is 0 Å². The molecule has 0 bridgehead atoms. The van der Waals surface area contributed by atoms with Crippen molar-refractivity contribution in [1.82, 2.24) is 15.2 Å². The lowest BCUT2D eigenvalue weighted by molar-refractivity contribution is 0.0950. The molecule has 0 unspecified atom stereocenters. The molecule has 31 heavy (non-hydrogen) atoms. The summed E-state index contributed by atoms with van der Waals surface area (Å²) in [6.45, 7) is 8.15. The second-order valence-electron chi connectivity index (χ2n) is 8.94. The Hall–Kier alpha value is -2.18. The van der Waals surface area contributed by atoms with E-state index in [1.807, 2.05) is 32.2 Å². The van der Waals surface area contributed by atoms with Crippen LogP contribution in [0.4, 0.5) is 0 Å². The third-order valence-electron chi connectivity index (χ3n) is 6.64. The Bertz CT molecular complexity index is 1020. The third-order valence-corrected chi connectivity index (χ3v) is 7.77. The van der Waals surface area contributed by atoms with E-state index < -0.39 is 0 Å². The molecule has 0 radical (unpaired) electrons. The first-order chi connectivity index (χ1) is 14.7. The molecule has 1 aliphatic rings. The Balaban J connectivity index is 1.72. The minimum Gasteiger partial charge on any atom is -0.348 e. The number of pyridine rings is 1. The highest BCUT2D eigenvalue weighted by atomic mass is 32.1. The van der Waals surface area contributed by atoms with E-state index in [2.05, 4.69) is 42.3 Å². The van der Waals surface area contributed by atoms with E-state index >= 15 is 0 Å². The highest BCUT2D eigenvalue weighted by Gasteiger charge is 2.27. The van der Waals surface area contributed by atoms with Gasteiger partial charge >= 0.3 is 0 Å². The Morgan fingerprint density at radius 3 is 2.48 bits per heavy atom. The standard InChI is InChI=1S/C25H35N3O2S/c1-7-20(18-8-10-19(11-9-18)28(5)6)23-17(4)22(14-31-23)24(29)26-13-21-15(2)12-16(3)27-25(21)30/h7,12,14,18-19H,8-11,13H2,1-6H3,(H,26,29)(H,27,30)/t18-,19-. The topological polar surface area (TPSA) is 65.2 Å². The molecule has 0 atom stereocenters. The maximum atomic E-state index is 12.9. The number of H-pyrrole nitrogens is 1. The van der Waals surface area contributed by atoms with E-state index in [1.165, 1.54) is 36.1 Å². The number of carbonyl (C=O) groups excluding carboxylic acids is 1. The lowest BCUT2D eigenvalue weighted by Crippen LogP contribution is -2.32. The van der Waals surface area contributed by atoms with Crippen molar-refractivity contribution in [3.05, 3.63) is 60.7 Å². The first-order valence-electron chi connectivity index (χ1n) is 11.1. The van der Waals surface area contributed by atoms with Crippen LogP contribution in [0.1, 0.15) is 70.2 Å². The predicted molar refractivity (Wildman–Crippen MR) is 130 cm³/mol. The van der Waals surface area contributed by atoms with E-state index in [0.717, 1.165) is 16.8 Å². The molecule has 1 fully saturated rings. The molecular weight excluding hydrogens is 406 g/mol. The van der Waals surface area contributed by atoms with E-state index in [-0.39, 0.29) is 18.0 Å². The fraction of sp³-hybridized carbons (Fsp3) is 0.520. The van der Waals surface area contributed by atoms with Gasteiger partial charge in [0.15, 0.2) is 0 Å². The fourth-order valence-electron chi connectivity index (χ4n) is 4.75. The average molecular weight is 442 g/mol. The fourth-order valence-corrected chi connectivity index (χ4v) is 5.97. The molecule has 0 spiro atoms. The Morgan fingerprint density at radius 2 is 1.90 bits per heavy atom. The van der Waals surface area contributed by atoms with E-state index in [0.29, 0.717) is 23.1 Å². The van der Waals surface area contributed by atoms with Gasteiger partial charge in [-0.3, -0.25) is 9.59 Å². The van der Waals surface area contributed by atoms with Crippen LogP contribution in [0.2, 0.25) is 0 Å². The van der Waals surface area contributed by atoms with E-state index in [9.17, 15) is 9.59 Å². The minimum atomic E-state index is -0.134. The van der Waals surface area contributed by atoms with Gasteiger partial charge < -0.3 is 15.2 Å². The van der Waals surface area contributed by atoms with Crippen LogP contribution in [0.5, 0.6) is 0 Å². The van der Waals surface area contributed by atoms with Gasteiger partial charge in [-0.2, -0.15) is 0 Å². The zero-order chi connectivity index (χ0) is 22.7. The van der Waals surface area contributed by atoms with Crippen molar-refractivity contribution >= 4 is 22.8 Å². The molecule has 0 aromatic carbocycles. The van der Waals surface area contributed by atoms with Gasteiger partial charge in [0, 0.05) is 34.1 Å². The third kappa shape index (κ3) is 5.18. The van der Waals surface area contributed by atoms with Crippen molar-refractivity contribution in [2.75, 3.05) is 14.1 Å². The molecule has 0 aliphatic heterocycles. The average Bonchev–Trinajstić information content (AvgIpc) is 3.09. The molecule has 3 rings (SSSR count). The highest BCUT2D eigenvalue weighted by Crippen LogP contribution is 2.40. The second-order valence-corrected chi connectivity index (χ2v) is 9.82. The number of rotatable bonds is 6. The van der Waals surface area contributed by atoms with Gasteiger partial charge in [-0.15, -0.1) is 11.3 Å². The van der Waals surface area contributed by atoms with Gasteiger partial charge in [0.1, 0.15) is 0 Å². The van der Waals surface area contributed by atoms with E-state index in [4.69, 9.17) is 0 Å². The molecule has 2 aromatic rings. The quantitative estimate of drug-likeness (QED) is 0.676.